The Morgan fingerprint density at radius 3 is 1.60 bits per heavy atom. The minimum Gasteiger partial charge on any atom is -0.455 e. The molecule has 3 aliphatic rings. The van der Waals surface area contributed by atoms with Crippen LogP contribution >= 0.6 is 0 Å². The predicted molar refractivity (Wildman–Crippen MR) is 289 cm³/mol. The number of anilines is 3. The molecule has 0 spiro atoms. The number of para-hydroxylation sites is 2. The number of benzene rings is 10. The summed E-state index contributed by atoms with van der Waals surface area (Å²) < 4.78 is 6.57. The van der Waals surface area contributed by atoms with Gasteiger partial charge in [-0.15, -0.1) is 0 Å². The molecule has 70 heavy (non-hydrogen) atoms. The van der Waals surface area contributed by atoms with Crippen molar-refractivity contribution in [1.82, 2.24) is 0 Å². The number of rotatable bonds is 8. The number of fused-ring (bicyclic) bond motifs is 9. The van der Waals surface area contributed by atoms with Crippen LogP contribution in [-0.2, 0) is 10.8 Å². The second-order valence-corrected chi connectivity index (χ2v) is 19.0. The monoisotopic (exact) mass is 893 g/mol. The summed E-state index contributed by atoms with van der Waals surface area (Å²) >= 11 is 0. The topological polar surface area (TPSA) is 16.4 Å². The molecule has 0 saturated heterocycles. The third-order valence-corrected chi connectivity index (χ3v) is 15.6. The molecule has 0 bridgehead atoms. The molecule has 0 radical (unpaired) electrons. The summed E-state index contributed by atoms with van der Waals surface area (Å²) in [5.41, 5.74) is 20.5. The highest BCUT2D eigenvalue weighted by molar-refractivity contribution is 6.09. The van der Waals surface area contributed by atoms with Gasteiger partial charge in [-0.2, -0.15) is 0 Å². The van der Waals surface area contributed by atoms with E-state index < -0.39 is 10.8 Å². The Bertz CT molecular complexity index is 3820. The summed E-state index contributed by atoms with van der Waals surface area (Å²) in [5, 5.41) is 2.26. The van der Waals surface area contributed by atoms with Gasteiger partial charge in [0.2, 0.25) is 0 Å². The fraction of sp³-hybridized carbons (Fsp3) is 0.0588. The summed E-state index contributed by atoms with van der Waals surface area (Å²) in [4.78, 5) is 2.49. The standard InChI is InChI=1S/C68H47NO/c1-5-20-47(21-6-1)67(48-22-7-2-8-23-48)61-33-16-13-28-55(61)57-42-40-52(44-63(57)67)69(51-38-36-46(37-39-51)54-31-19-32-60-59-30-15-18-35-65(59)70-66(54)60)53-41-43-58-56-29-14-17-34-62(56)68(64(58)45-53,49-24-9-3-10-25-49)50-26-11-4-12-27-50/h1-26,28-45,50H,27H2. The zero-order chi connectivity index (χ0) is 46.2. The van der Waals surface area contributed by atoms with Crippen molar-refractivity contribution in [2.45, 2.75) is 17.3 Å². The molecule has 0 N–H and O–H groups in total. The van der Waals surface area contributed by atoms with E-state index in [0.29, 0.717) is 0 Å². The molecule has 0 saturated carbocycles. The first kappa shape index (κ1) is 40.4. The van der Waals surface area contributed by atoms with E-state index in [0.717, 1.165) is 56.5 Å². The Labute approximate surface area is 408 Å². The van der Waals surface area contributed by atoms with E-state index in [1.54, 1.807) is 0 Å². The van der Waals surface area contributed by atoms with Gasteiger partial charge in [0.15, 0.2) is 0 Å². The van der Waals surface area contributed by atoms with Gasteiger partial charge in [0.25, 0.3) is 0 Å². The van der Waals surface area contributed by atoms with Crippen LogP contribution in [0.1, 0.15) is 45.4 Å². The van der Waals surface area contributed by atoms with Gasteiger partial charge in [-0.05, 0) is 122 Å². The van der Waals surface area contributed by atoms with Crippen molar-refractivity contribution in [2.75, 3.05) is 4.90 Å². The van der Waals surface area contributed by atoms with Crippen molar-refractivity contribution in [3.8, 4) is 33.4 Å². The molecular weight excluding hydrogens is 847 g/mol. The molecular formula is C68H47NO. The van der Waals surface area contributed by atoms with Crippen LogP contribution in [0.3, 0.4) is 0 Å². The first-order valence-electron chi connectivity index (χ1n) is 24.5. The predicted octanol–water partition coefficient (Wildman–Crippen LogP) is 17.5. The highest BCUT2D eigenvalue weighted by Gasteiger charge is 2.50. The van der Waals surface area contributed by atoms with Gasteiger partial charge in [0.05, 0.1) is 10.8 Å². The van der Waals surface area contributed by atoms with Crippen molar-refractivity contribution >= 4 is 39.0 Å². The summed E-state index contributed by atoms with van der Waals surface area (Å²) in [6.45, 7) is 0. The van der Waals surface area contributed by atoms with Gasteiger partial charge < -0.3 is 9.32 Å². The molecule has 1 aromatic heterocycles. The molecule has 1 heterocycles. The van der Waals surface area contributed by atoms with Crippen LogP contribution < -0.4 is 4.90 Å². The number of hydrogen-bond acceptors (Lipinski definition) is 2. The van der Waals surface area contributed by atoms with Gasteiger partial charge in [-0.1, -0.05) is 224 Å². The summed E-state index contributed by atoms with van der Waals surface area (Å²) in [6.07, 6.45) is 10.2. The fourth-order valence-corrected chi connectivity index (χ4v) is 12.7. The third kappa shape index (κ3) is 5.80. The Morgan fingerprint density at radius 2 is 0.914 bits per heavy atom. The lowest BCUT2D eigenvalue weighted by atomic mass is 9.62. The molecule has 2 atom stereocenters. The summed E-state index contributed by atoms with van der Waals surface area (Å²) in [7, 11) is 0. The SMILES string of the molecule is C1=CCC(C2(c3ccccc3)c3ccccc3-c3ccc(N(c4ccc(-c5cccc6c5oc5ccccc56)cc4)c4ccc5c(c4)C(c4ccccc4)(c4ccccc4)c4ccccc4-5)cc32)C=C1. The average Bonchev–Trinajstić information content (AvgIpc) is 4.07. The lowest BCUT2D eigenvalue weighted by Crippen LogP contribution is -2.35. The van der Waals surface area contributed by atoms with E-state index in [2.05, 4.69) is 266 Å². The van der Waals surface area contributed by atoms with E-state index in [9.17, 15) is 0 Å². The van der Waals surface area contributed by atoms with Gasteiger partial charge in [-0.3, -0.25) is 0 Å². The van der Waals surface area contributed by atoms with Gasteiger partial charge in [0, 0.05) is 33.4 Å². The normalized spacial score (nSPS) is 17.0. The largest absolute Gasteiger partial charge is 0.455 e. The fourth-order valence-electron chi connectivity index (χ4n) is 12.7. The first-order chi connectivity index (χ1) is 34.7. The Hall–Kier alpha value is -8.72. The minimum absolute atomic E-state index is 0.210. The Morgan fingerprint density at radius 1 is 0.386 bits per heavy atom. The van der Waals surface area contributed by atoms with Crippen molar-refractivity contribution in [1.29, 1.82) is 0 Å². The van der Waals surface area contributed by atoms with E-state index >= 15 is 0 Å². The molecule has 10 aromatic carbocycles. The van der Waals surface area contributed by atoms with E-state index in [4.69, 9.17) is 4.42 Å². The first-order valence-corrected chi connectivity index (χ1v) is 24.5. The van der Waals surface area contributed by atoms with Gasteiger partial charge in [-0.25, -0.2) is 0 Å². The highest BCUT2D eigenvalue weighted by atomic mass is 16.3. The van der Waals surface area contributed by atoms with Crippen molar-refractivity contribution < 1.29 is 4.42 Å². The van der Waals surface area contributed by atoms with Crippen molar-refractivity contribution in [2.24, 2.45) is 5.92 Å². The highest BCUT2D eigenvalue weighted by Crippen LogP contribution is 2.60. The zero-order valence-electron chi connectivity index (χ0n) is 38.5. The molecule has 2 heteroatoms. The van der Waals surface area contributed by atoms with Crippen LogP contribution in [0.25, 0.3) is 55.3 Å². The smallest absolute Gasteiger partial charge is 0.143 e. The van der Waals surface area contributed by atoms with Crippen LogP contribution in [0.5, 0.6) is 0 Å². The second kappa shape index (κ2) is 15.9. The maximum atomic E-state index is 6.57. The molecule has 330 valence electrons. The molecule has 11 aromatic rings. The minimum atomic E-state index is -0.547. The molecule has 14 rings (SSSR count). The number of allylic oxidation sites excluding steroid dienone is 4. The van der Waals surface area contributed by atoms with E-state index in [1.165, 1.54) is 61.2 Å². The maximum absolute atomic E-state index is 6.57. The van der Waals surface area contributed by atoms with Crippen LogP contribution in [-0.4, -0.2) is 0 Å². The van der Waals surface area contributed by atoms with Crippen LogP contribution in [0.2, 0.25) is 0 Å². The average molecular weight is 894 g/mol. The summed E-state index contributed by atoms with van der Waals surface area (Å²) in [5.74, 6) is 0.210. The third-order valence-electron chi connectivity index (χ3n) is 15.6. The molecule has 0 amide bonds. The molecule has 3 aliphatic carbocycles. The van der Waals surface area contributed by atoms with Crippen LogP contribution in [0, 0.1) is 5.92 Å². The maximum Gasteiger partial charge on any atom is 0.143 e. The van der Waals surface area contributed by atoms with Crippen LogP contribution in [0.15, 0.2) is 271 Å². The molecule has 2 unspecified atom stereocenters. The van der Waals surface area contributed by atoms with E-state index in [-0.39, 0.29) is 5.92 Å². The van der Waals surface area contributed by atoms with Gasteiger partial charge in [0.1, 0.15) is 11.2 Å². The number of furan rings is 1. The quantitative estimate of drug-likeness (QED) is 0.151. The Kier molecular flexibility index (Phi) is 9.19. The summed E-state index contributed by atoms with van der Waals surface area (Å²) in [6, 6.07) is 90.0. The van der Waals surface area contributed by atoms with Crippen molar-refractivity contribution in [3.63, 3.8) is 0 Å². The van der Waals surface area contributed by atoms with Crippen molar-refractivity contribution in [3.05, 3.63) is 306 Å². The number of nitrogens with zero attached hydrogens (tertiary/aromatic N) is 1. The zero-order valence-corrected chi connectivity index (χ0v) is 38.5. The second-order valence-electron chi connectivity index (χ2n) is 19.0. The number of hydrogen-bond donors (Lipinski definition) is 0. The van der Waals surface area contributed by atoms with Gasteiger partial charge >= 0.3 is 0 Å². The molecule has 2 nitrogen and oxygen atoms in total. The lowest BCUT2D eigenvalue weighted by molar-refractivity contribution is 0.457. The van der Waals surface area contributed by atoms with Crippen LogP contribution in [0.4, 0.5) is 17.1 Å². The van der Waals surface area contributed by atoms with E-state index in [1.807, 2.05) is 6.07 Å². The molecule has 0 fully saturated rings. The Balaban J connectivity index is 1.01. The molecule has 0 aliphatic heterocycles. The lowest BCUT2D eigenvalue weighted by Gasteiger charge is -2.40.